The highest BCUT2D eigenvalue weighted by Gasteiger charge is 2.27. The summed E-state index contributed by atoms with van der Waals surface area (Å²) in [5.74, 6) is 2.30. The van der Waals surface area contributed by atoms with Crippen molar-refractivity contribution in [1.82, 2.24) is 20.2 Å². The molecule has 1 atom stereocenters. The zero-order valence-corrected chi connectivity index (χ0v) is 25.2. The lowest BCUT2D eigenvalue weighted by molar-refractivity contribution is 0.193. The van der Waals surface area contributed by atoms with Crippen molar-refractivity contribution in [1.29, 1.82) is 0 Å². The van der Waals surface area contributed by atoms with Gasteiger partial charge in [-0.1, -0.05) is 39.0 Å². The van der Waals surface area contributed by atoms with E-state index in [4.69, 9.17) is 19.8 Å². The summed E-state index contributed by atoms with van der Waals surface area (Å²) in [5, 5.41) is 19.7. The van der Waals surface area contributed by atoms with E-state index in [1.54, 1.807) is 7.11 Å². The Morgan fingerprint density at radius 2 is 1.85 bits per heavy atom. The molecule has 2 heterocycles. The average molecular weight is 564 g/mol. The van der Waals surface area contributed by atoms with Crippen LogP contribution in [0.5, 0.6) is 5.75 Å². The topological polar surface area (TPSA) is 115 Å². The van der Waals surface area contributed by atoms with E-state index in [9.17, 15) is 4.79 Å². The fourth-order valence-corrected chi connectivity index (χ4v) is 5.43. The number of nitrogens with zero attached hydrogens (tertiary/aromatic N) is 4. The van der Waals surface area contributed by atoms with Gasteiger partial charge in [-0.2, -0.15) is 4.98 Å². The van der Waals surface area contributed by atoms with Crippen molar-refractivity contribution >= 4 is 34.4 Å². The van der Waals surface area contributed by atoms with Crippen molar-refractivity contribution in [3.63, 3.8) is 0 Å². The molecule has 0 spiro atoms. The number of benzene rings is 2. The van der Waals surface area contributed by atoms with Crippen LogP contribution in [0, 0.1) is 5.41 Å². The van der Waals surface area contributed by atoms with Gasteiger partial charge in [0.25, 0.3) is 0 Å². The van der Waals surface area contributed by atoms with Crippen molar-refractivity contribution in [3.8, 4) is 5.75 Å². The van der Waals surface area contributed by atoms with Crippen LogP contribution in [0.1, 0.15) is 45.6 Å². The van der Waals surface area contributed by atoms with E-state index in [1.807, 2.05) is 30.3 Å². The number of ether oxygens (including phenoxy) is 1. The lowest BCUT2D eigenvalue weighted by Gasteiger charge is -2.34. The first-order valence-electron chi connectivity index (χ1n) is 14.4. The van der Waals surface area contributed by atoms with Gasteiger partial charge in [0.15, 0.2) is 0 Å². The normalized spacial score (nSPS) is 15.4. The number of amides is 1. The minimum atomic E-state index is -1.02. The second kappa shape index (κ2) is 13.2. The number of piperidine rings is 1. The lowest BCUT2D eigenvalue weighted by Crippen LogP contribution is -2.39. The van der Waals surface area contributed by atoms with Crippen molar-refractivity contribution in [2.75, 3.05) is 56.4 Å². The van der Waals surface area contributed by atoms with E-state index in [-0.39, 0.29) is 11.5 Å². The third kappa shape index (κ3) is 7.91. The summed E-state index contributed by atoms with van der Waals surface area (Å²) < 4.78 is 5.69. The van der Waals surface area contributed by atoms with Crippen LogP contribution in [-0.2, 0) is 6.54 Å². The van der Waals surface area contributed by atoms with Crippen LogP contribution in [-0.4, -0.2) is 79.0 Å². The number of hydrogen-bond donors (Lipinski definition) is 4. The van der Waals surface area contributed by atoms with Gasteiger partial charge in [-0.3, -0.25) is 4.90 Å². The molecule has 0 bridgehead atoms. The first kappa shape index (κ1) is 30.2. The molecule has 1 saturated heterocycles. The fraction of sp³-hybridized carbons (Fsp3) is 0.516. The molecule has 1 fully saturated rings. The lowest BCUT2D eigenvalue weighted by atomic mass is 9.85. The van der Waals surface area contributed by atoms with Gasteiger partial charge in [-0.05, 0) is 48.9 Å². The maximum Gasteiger partial charge on any atom is 0.404 e. The zero-order chi connectivity index (χ0) is 29.6. The van der Waals surface area contributed by atoms with Gasteiger partial charge >= 0.3 is 6.09 Å². The van der Waals surface area contributed by atoms with E-state index < -0.39 is 6.09 Å². The minimum absolute atomic E-state index is 0.0198. The second-order valence-corrected chi connectivity index (χ2v) is 12.0. The van der Waals surface area contributed by atoms with Crippen molar-refractivity contribution in [2.24, 2.45) is 5.41 Å². The molecule has 1 aromatic heterocycles. The molecule has 4 rings (SSSR count). The number of anilines is 3. The maximum absolute atomic E-state index is 11.0. The number of carbonyl (C=O) groups is 1. The average Bonchev–Trinajstić information content (AvgIpc) is 2.93. The molecule has 1 aliphatic rings. The van der Waals surface area contributed by atoms with Gasteiger partial charge in [0.2, 0.25) is 5.95 Å². The van der Waals surface area contributed by atoms with Crippen LogP contribution in [0.3, 0.4) is 0 Å². The third-order valence-corrected chi connectivity index (χ3v) is 7.78. The SMILES string of the molecule is COc1cccc(N(C)C)c1CN1CCC(Nc2nc(NC(CCNC(=O)O)C(C)(C)C)nc3ccccc23)CC1. The number of hydrogen-bond acceptors (Lipinski definition) is 8. The van der Waals surface area contributed by atoms with E-state index in [2.05, 4.69) is 72.7 Å². The summed E-state index contributed by atoms with van der Waals surface area (Å²) in [5.41, 5.74) is 3.15. The first-order valence-corrected chi connectivity index (χ1v) is 14.4. The summed E-state index contributed by atoms with van der Waals surface area (Å²) in [4.78, 5) is 25.3. The number of methoxy groups -OCH3 is 1. The molecule has 41 heavy (non-hydrogen) atoms. The standard InChI is InChI=1S/C31H45N7O3/c1-31(2,3)27(14-17-32-30(39)40)35-29-34-24-11-8-7-10-22(24)28(36-29)33-21-15-18-38(19-16-21)20-23-25(37(4)5)12-9-13-26(23)41-6/h7-13,21,27,32H,14-20H2,1-6H3,(H,39,40)(H2,33,34,35,36). The summed E-state index contributed by atoms with van der Waals surface area (Å²) in [6.45, 7) is 9.54. The van der Waals surface area contributed by atoms with Crippen molar-refractivity contribution in [2.45, 2.75) is 58.7 Å². The number of para-hydroxylation sites is 1. The Bertz CT molecular complexity index is 1320. The Kier molecular flexibility index (Phi) is 9.75. The third-order valence-electron chi connectivity index (χ3n) is 7.78. The Morgan fingerprint density at radius 3 is 2.51 bits per heavy atom. The van der Waals surface area contributed by atoms with E-state index >= 15 is 0 Å². The van der Waals surface area contributed by atoms with Crippen molar-refractivity contribution in [3.05, 3.63) is 48.0 Å². The molecular formula is C31H45N7O3. The molecule has 3 aromatic rings. The largest absolute Gasteiger partial charge is 0.496 e. The van der Waals surface area contributed by atoms with Crippen LogP contribution in [0.4, 0.5) is 22.2 Å². The Hall–Kier alpha value is -3.79. The minimum Gasteiger partial charge on any atom is -0.496 e. The molecule has 10 heteroatoms. The van der Waals surface area contributed by atoms with E-state index in [0.29, 0.717) is 25.0 Å². The summed E-state index contributed by atoms with van der Waals surface area (Å²) >= 11 is 0. The maximum atomic E-state index is 11.0. The van der Waals surface area contributed by atoms with Gasteiger partial charge in [-0.25, -0.2) is 9.78 Å². The quantitative estimate of drug-likeness (QED) is 0.248. The van der Waals surface area contributed by atoms with E-state index in [1.165, 1.54) is 11.3 Å². The molecule has 10 nitrogen and oxygen atoms in total. The molecule has 0 aliphatic carbocycles. The predicted octanol–water partition coefficient (Wildman–Crippen LogP) is 5.27. The Morgan fingerprint density at radius 1 is 1.12 bits per heavy atom. The van der Waals surface area contributed by atoms with Gasteiger partial charge in [-0.15, -0.1) is 0 Å². The Labute approximate surface area is 243 Å². The van der Waals surface area contributed by atoms with Gasteiger partial charge < -0.3 is 30.7 Å². The highest BCUT2D eigenvalue weighted by Crippen LogP contribution is 2.32. The molecular weight excluding hydrogens is 518 g/mol. The first-order chi connectivity index (χ1) is 19.5. The van der Waals surface area contributed by atoms with Crippen LogP contribution in [0.25, 0.3) is 10.9 Å². The smallest absolute Gasteiger partial charge is 0.404 e. The van der Waals surface area contributed by atoms with Crippen LogP contribution in [0.2, 0.25) is 0 Å². The number of aromatic nitrogens is 2. The summed E-state index contributed by atoms with van der Waals surface area (Å²) in [6.07, 6.45) is 1.60. The second-order valence-electron chi connectivity index (χ2n) is 12.0. The monoisotopic (exact) mass is 563 g/mol. The zero-order valence-electron chi connectivity index (χ0n) is 25.2. The molecule has 222 valence electrons. The summed E-state index contributed by atoms with van der Waals surface area (Å²) in [6, 6.07) is 14.6. The van der Waals surface area contributed by atoms with Crippen LogP contribution < -0.4 is 25.6 Å². The number of likely N-dealkylation sites (tertiary alicyclic amines) is 1. The molecule has 4 N–H and O–H groups in total. The van der Waals surface area contributed by atoms with Crippen molar-refractivity contribution < 1.29 is 14.6 Å². The van der Waals surface area contributed by atoms with Crippen LogP contribution in [0.15, 0.2) is 42.5 Å². The molecule has 1 unspecified atom stereocenters. The molecule has 0 saturated carbocycles. The highest BCUT2D eigenvalue weighted by molar-refractivity contribution is 5.90. The number of rotatable bonds is 11. The molecule has 1 amide bonds. The molecule has 0 radical (unpaired) electrons. The molecule has 2 aromatic carbocycles. The van der Waals surface area contributed by atoms with Gasteiger partial charge in [0, 0.05) is 69.0 Å². The summed E-state index contributed by atoms with van der Waals surface area (Å²) in [7, 11) is 5.88. The van der Waals surface area contributed by atoms with E-state index in [0.717, 1.165) is 54.9 Å². The van der Waals surface area contributed by atoms with Gasteiger partial charge in [0.05, 0.1) is 12.6 Å². The number of fused-ring (bicyclic) bond motifs is 1. The number of nitrogens with one attached hydrogen (secondary N) is 3. The Balaban J connectivity index is 1.47. The van der Waals surface area contributed by atoms with Gasteiger partial charge in [0.1, 0.15) is 11.6 Å². The highest BCUT2D eigenvalue weighted by atomic mass is 16.5. The molecule has 1 aliphatic heterocycles. The predicted molar refractivity (Wildman–Crippen MR) is 166 cm³/mol. The fourth-order valence-electron chi connectivity index (χ4n) is 5.43. The van der Waals surface area contributed by atoms with Crippen LogP contribution >= 0.6 is 0 Å². The number of carboxylic acid groups (broad SMARTS) is 1.